The van der Waals surface area contributed by atoms with Crippen molar-refractivity contribution in [3.8, 4) is 0 Å². The molecule has 5 nitrogen and oxygen atoms in total. The number of anilines is 2. The van der Waals surface area contributed by atoms with Gasteiger partial charge in [-0.25, -0.2) is 4.79 Å². The van der Waals surface area contributed by atoms with E-state index in [0.717, 1.165) is 20.9 Å². The van der Waals surface area contributed by atoms with Gasteiger partial charge in [-0.1, -0.05) is 15.9 Å². The second-order valence-corrected chi connectivity index (χ2v) is 4.86. The lowest BCUT2D eigenvalue weighted by Crippen LogP contribution is -1.97. The number of oxazole rings is 1. The van der Waals surface area contributed by atoms with E-state index in [0.29, 0.717) is 0 Å². The van der Waals surface area contributed by atoms with E-state index in [9.17, 15) is 4.79 Å². The first-order chi connectivity index (χ1) is 8.06. The third-order valence-corrected chi connectivity index (χ3v) is 3.08. The van der Waals surface area contributed by atoms with Crippen molar-refractivity contribution in [2.45, 2.75) is 0 Å². The van der Waals surface area contributed by atoms with Crippen molar-refractivity contribution in [3.05, 3.63) is 39.1 Å². The number of benzene rings is 1. The summed E-state index contributed by atoms with van der Waals surface area (Å²) in [6, 6.07) is 5.65. The molecule has 0 radical (unpaired) electrons. The van der Waals surface area contributed by atoms with E-state index in [4.69, 9.17) is 9.52 Å². The van der Waals surface area contributed by atoms with E-state index in [2.05, 4.69) is 42.2 Å². The van der Waals surface area contributed by atoms with Gasteiger partial charge in [-0.3, -0.25) is 0 Å². The molecule has 0 fully saturated rings. The molecule has 17 heavy (non-hydrogen) atoms. The quantitative estimate of drug-likeness (QED) is 0.872. The highest BCUT2D eigenvalue weighted by Gasteiger charge is 2.11. The summed E-state index contributed by atoms with van der Waals surface area (Å²) in [4.78, 5) is 14.4. The maximum Gasteiger partial charge on any atom is 0.357 e. The average Bonchev–Trinajstić information content (AvgIpc) is 2.72. The van der Waals surface area contributed by atoms with Crippen LogP contribution in [0.25, 0.3) is 0 Å². The van der Waals surface area contributed by atoms with Gasteiger partial charge in [0.15, 0.2) is 5.69 Å². The number of hydrogen-bond donors (Lipinski definition) is 2. The number of nitrogens with zero attached hydrogens (tertiary/aromatic N) is 1. The molecule has 88 valence electrons. The largest absolute Gasteiger partial charge is 0.476 e. The standard InChI is InChI=1S/C10H6Br2N2O3/c11-5-1-2-6(12)7(3-5)13-10-14-8(4-17-10)9(15)16/h1-4H,(H,13,14)(H,15,16). The Morgan fingerprint density at radius 3 is 2.82 bits per heavy atom. The molecule has 2 N–H and O–H groups in total. The zero-order valence-electron chi connectivity index (χ0n) is 8.28. The van der Waals surface area contributed by atoms with Crippen molar-refractivity contribution in [2.24, 2.45) is 0 Å². The fraction of sp³-hybridized carbons (Fsp3) is 0. The topological polar surface area (TPSA) is 75.4 Å². The van der Waals surface area contributed by atoms with E-state index >= 15 is 0 Å². The summed E-state index contributed by atoms with van der Waals surface area (Å²) in [6.45, 7) is 0. The van der Waals surface area contributed by atoms with Crippen molar-refractivity contribution in [1.29, 1.82) is 0 Å². The maximum absolute atomic E-state index is 10.6. The van der Waals surface area contributed by atoms with Crippen LogP contribution in [0, 0.1) is 0 Å². The minimum atomic E-state index is -1.13. The monoisotopic (exact) mass is 360 g/mol. The fourth-order valence-electron chi connectivity index (χ4n) is 1.14. The molecule has 1 aromatic heterocycles. The average molecular weight is 362 g/mol. The molecule has 2 rings (SSSR count). The molecule has 0 unspecified atom stereocenters. The van der Waals surface area contributed by atoms with Crippen LogP contribution in [0.15, 0.2) is 37.8 Å². The molecule has 0 saturated carbocycles. The van der Waals surface area contributed by atoms with Gasteiger partial charge in [0.25, 0.3) is 6.01 Å². The molecule has 0 aliphatic carbocycles. The van der Waals surface area contributed by atoms with Crippen molar-refractivity contribution >= 4 is 49.5 Å². The molecule has 0 bridgehead atoms. The Bertz CT molecular complexity index is 568. The van der Waals surface area contributed by atoms with Crippen LogP contribution in [0.2, 0.25) is 0 Å². The third-order valence-electron chi connectivity index (χ3n) is 1.89. The first-order valence-corrected chi connectivity index (χ1v) is 6.06. The second kappa shape index (κ2) is 4.89. The summed E-state index contributed by atoms with van der Waals surface area (Å²) in [5.41, 5.74) is 0.580. The molecular formula is C10H6Br2N2O3. The lowest BCUT2D eigenvalue weighted by molar-refractivity contribution is 0.0690. The predicted octanol–water partition coefficient (Wildman–Crippen LogP) is 3.64. The van der Waals surface area contributed by atoms with E-state index in [1.54, 1.807) is 0 Å². The highest BCUT2D eigenvalue weighted by molar-refractivity contribution is 9.11. The number of nitrogens with one attached hydrogen (secondary N) is 1. The minimum absolute atomic E-state index is 0.126. The number of hydrogen-bond acceptors (Lipinski definition) is 4. The third kappa shape index (κ3) is 2.86. The van der Waals surface area contributed by atoms with Crippen molar-refractivity contribution in [2.75, 3.05) is 5.32 Å². The Kier molecular flexibility index (Phi) is 3.49. The van der Waals surface area contributed by atoms with Gasteiger partial charge in [-0.05, 0) is 34.1 Å². The van der Waals surface area contributed by atoms with Gasteiger partial charge in [-0.15, -0.1) is 0 Å². The first-order valence-electron chi connectivity index (χ1n) is 4.47. The maximum atomic E-state index is 10.6. The number of aromatic nitrogens is 1. The number of halogens is 2. The fourth-order valence-corrected chi connectivity index (χ4v) is 1.84. The predicted molar refractivity (Wildman–Crippen MR) is 68.6 cm³/mol. The SMILES string of the molecule is O=C(O)c1coc(Nc2cc(Br)ccc2Br)n1. The normalized spacial score (nSPS) is 10.2. The molecule has 0 aliphatic heterocycles. The van der Waals surface area contributed by atoms with Gasteiger partial charge >= 0.3 is 5.97 Å². The summed E-state index contributed by atoms with van der Waals surface area (Å²) in [5, 5.41) is 11.6. The van der Waals surface area contributed by atoms with Gasteiger partial charge in [0, 0.05) is 8.95 Å². The lowest BCUT2D eigenvalue weighted by Gasteiger charge is -2.04. The Labute approximate surface area is 113 Å². The van der Waals surface area contributed by atoms with Crippen LogP contribution in [-0.4, -0.2) is 16.1 Å². The van der Waals surface area contributed by atoms with Crippen LogP contribution in [0.4, 0.5) is 11.7 Å². The zero-order valence-corrected chi connectivity index (χ0v) is 11.4. The van der Waals surface area contributed by atoms with Crippen LogP contribution < -0.4 is 5.32 Å². The number of carbonyl (C=O) groups is 1. The number of rotatable bonds is 3. The number of carboxylic acid groups (broad SMARTS) is 1. The van der Waals surface area contributed by atoms with Crippen LogP contribution in [0.1, 0.15) is 10.5 Å². The van der Waals surface area contributed by atoms with Crippen LogP contribution in [0.5, 0.6) is 0 Å². The minimum Gasteiger partial charge on any atom is -0.476 e. The smallest absolute Gasteiger partial charge is 0.357 e. The number of aromatic carboxylic acids is 1. The second-order valence-electron chi connectivity index (χ2n) is 3.09. The van der Waals surface area contributed by atoms with Crippen molar-refractivity contribution < 1.29 is 14.3 Å². The Morgan fingerprint density at radius 2 is 2.18 bits per heavy atom. The number of carboxylic acids is 1. The van der Waals surface area contributed by atoms with Gasteiger partial charge < -0.3 is 14.8 Å². The molecule has 0 aliphatic rings. The van der Waals surface area contributed by atoms with E-state index in [-0.39, 0.29) is 11.7 Å². The van der Waals surface area contributed by atoms with Gasteiger partial charge in [-0.2, -0.15) is 4.98 Å². The van der Waals surface area contributed by atoms with Gasteiger partial charge in [0.2, 0.25) is 0 Å². The molecule has 0 spiro atoms. The van der Waals surface area contributed by atoms with E-state index < -0.39 is 5.97 Å². The summed E-state index contributed by atoms with van der Waals surface area (Å²) in [5.74, 6) is -1.13. The van der Waals surface area contributed by atoms with Gasteiger partial charge in [0.1, 0.15) is 6.26 Å². The molecule has 1 aromatic carbocycles. The van der Waals surface area contributed by atoms with Crippen LogP contribution in [-0.2, 0) is 0 Å². The molecule has 2 aromatic rings. The van der Waals surface area contributed by atoms with Gasteiger partial charge in [0.05, 0.1) is 5.69 Å². The molecular weight excluding hydrogens is 356 g/mol. The molecule has 0 saturated heterocycles. The Hall–Kier alpha value is -1.34. The highest BCUT2D eigenvalue weighted by Crippen LogP contribution is 2.28. The first kappa shape index (κ1) is 12.1. The molecule has 0 amide bonds. The summed E-state index contributed by atoms with van der Waals surface area (Å²) < 4.78 is 6.68. The van der Waals surface area contributed by atoms with E-state index in [1.807, 2.05) is 18.2 Å². The van der Waals surface area contributed by atoms with Crippen molar-refractivity contribution in [3.63, 3.8) is 0 Å². The lowest BCUT2D eigenvalue weighted by atomic mass is 10.3. The summed E-state index contributed by atoms with van der Waals surface area (Å²) in [7, 11) is 0. The van der Waals surface area contributed by atoms with Crippen molar-refractivity contribution in [1.82, 2.24) is 4.98 Å². The summed E-state index contributed by atoms with van der Waals surface area (Å²) >= 11 is 6.69. The van der Waals surface area contributed by atoms with Crippen LogP contribution >= 0.6 is 31.9 Å². The molecule has 7 heteroatoms. The highest BCUT2D eigenvalue weighted by atomic mass is 79.9. The Morgan fingerprint density at radius 1 is 1.41 bits per heavy atom. The zero-order chi connectivity index (χ0) is 12.4. The van der Waals surface area contributed by atoms with Crippen LogP contribution in [0.3, 0.4) is 0 Å². The Balaban J connectivity index is 2.25. The van der Waals surface area contributed by atoms with E-state index in [1.165, 1.54) is 0 Å². The molecule has 1 heterocycles. The summed E-state index contributed by atoms with van der Waals surface area (Å²) in [6.07, 6.45) is 1.08. The molecule has 0 atom stereocenters.